The van der Waals surface area contributed by atoms with Gasteiger partial charge in [0.2, 0.25) is 5.88 Å². The summed E-state index contributed by atoms with van der Waals surface area (Å²) in [6.45, 7) is 10.2. The van der Waals surface area contributed by atoms with E-state index in [1.54, 1.807) is 11.8 Å². The molecule has 2 N–H and O–H groups in total. The quantitative estimate of drug-likeness (QED) is 0.899. The molecule has 112 valence electrons. The number of benzene rings is 1. The summed E-state index contributed by atoms with van der Waals surface area (Å²) >= 11 is 1.63. The molecule has 0 aliphatic heterocycles. The second-order valence-electron chi connectivity index (χ2n) is 6.13. The summed E-state index contributed by atoms with van der Waals surface area (Å²) in [5.74, 6) is 0.497. The van der Waals surface area contributed by atoms with Crippen molar-refractivity contribution in [2.45, 2.75) is 50.1 Å². The van der Waals surface area contributed by atoms with Gasteiger partial charge in [0.15, 0.2) is 0 Å². The van der Waals surface area contributed by atoms with Gasteiger partial charge in [-0.05, 0) is 58.4 Å². The van der Waals surface area contributed by atoms with Crippen molar-refractivity contribution in [1.29, 1.82) is 0 Å². The van der Waals surface area contributed by atoms with Gasteiger partial charge in [0, 0.05) is 4.90 Å². The van der Waals surface area contributed by atoms with Crippen LogP contribution in [-0.2, 0) is 0 Å². The molecule has 0 saturated carbocycles. The Kier molecular flexibility index (Phi) is 4.47. The molecule has 0 saturated heterocycles. The first-order valence-electron chi connectivity index (χ1n) is 6.95. The molecule has 2 rings (SSSR count). The molecular weight excluding hydrogens is 280 g/mol. The summed E-state index contributed by atoms with van der Waals surface area (Å²) in [6.07, 6.45) is 0. The SMILES string of the molecule is Cc1ccc(Sc2ccc(N)c(OC(C)(C)C)n2)c(C)c1. The lowest BCUT2D eigenvalue weighted by molar-refractivity contribution is 0.124. The molecule has 1 aromatic heterocycles. The lowest BCUT2D eigenvalue weighted by Gasteiger charge is -2.21. The van der Waals surface area contributed by atoms with Gasteiger partial charge in [0.05, 0.1) is 5.69 Å². The third-order valence-electron chi connectivity index (χ3n) is 2.81. The van der Waals surface area contributed by atoms with E-state index in [0.717, 1.165) is 5.03 Å². The minimum absolute atomic E-state index is 0.315. The van der Waals surface area contributed by atoms with E-state index in [1.807, 2.05) is 32.9 Å². The minimum Gasteiger partial charge on any atom is -0.470 e. The topological polar surface area (TPSA) is 48.1 Å². The first-order valence-corrected chi connectivity index (χ1v) is 7.77. The summed E-state index contributed by atoms with van der Waals surface area (Å²) in [4.78, 5) is 5.73. The third kappa shape index (κ3) is 4.39. The first kappa shape index (κ1) is 15.7. The van der Waals surface area contributed by atoms with Crippen LogP contribution >= 0.6 is 11.8 Å². The molecule has 0 bridgehead atoms. The van der Waals surface area contributed by atoms with Gasteiger partial charge in [0.1, 0.15) is 10.6 Å². The number of hydrogen-bond acceptors (Lipinski definition) is 4. The Morgan fingerprint density at radius 2 is 1.81 bits per heavy atom. The van der Waals surface area contributed by atoms with Gasteiger partial charge < -0.3 is 10.5 Å². The number of aromatic nitrogens is 1. The van der Waals surface area contributed by atoms with Crippen LogP contribution in [-0.4, -0.2) is 10.6 Å². The lowest BCUT2D eigenvalue weighted by Crippen LogP contribution is -2.24. The summed E-state index contributed by atoms with van der Waals surface area (Å²) in [5.41, 5.74) is 8.70. The summed E-state index contributed by atoms with van der Waals surface area (Å²) in [5, 5.41) is 0.885. The van der Waals surface area contributed by atoms with E-state index in [9.17, 15) is 0 Å². The number of ether oxygens (including phenoxy) is 1. The second kappa shape index (κ2) is 5.98. The van der Waals surface area contributed by atoms with Crippen LogP contribution in [0.25, 0.3) is 0 Å². The van der Waals surface area contributed by atoms with E-state index in [0.29, 0.717) is 11.6 Å². The van der Waals surface area contributed by atoms with E-state index in [-0.39, 0.29) is 5.60 Å². The van der Waals surface area contributed by atoms with Crippen molar-refractivity contribution in [3.8, 4) is 5.88 Å². The van der Waals surface area contributed by atoms with Gasteiger partial charge in [-0.25, -0.2) is 4.98 Å². The van der Waals surface area contributed by atoms with E-state index in [4.69, 9.17) is 10.5 Å². The highest BCUT2D eigenvalue weighted by Gasteiger charge is 2.16. The molecule has 0 aliphatic rings. The van der Waals surface area contributed by atoms with E-state index < -0.39 is 0 Å². The average Bonchev–Trinajstić information content (AvgIpc) is 2.35. The Morgan fingerprint density at radius 3 is 2.43 bits per heavy atom. The summed E-state index contributed by atoms with van der Waals surface area (Å²) < 4.78 is 5.81. The van der Waals surface area contributed by atoms with Crippen LogP contribution in [0.1, 0.15) is 31.9 Å². The van der Waals surface area contributed by atoms with Crippen molar-refractivity contribution < 1.29 is 4.74 Å². The van der Waals surface area contributed by atoms with Crippen LogP contribution in [0.2, 0.25) is 0 Å². The van der Waals surface area contributed by atoms with Gasteiger partial charge in [-0.15, -0.1) is 0 Å². The number of anilines is 1. The Bertz CT molecular complexity index is 648. The highest BCUT2D eigenvalue weighted by molar-refractivity contribution is 7.99. The van der Waals surface area contributed by atoms with E-state index in [2.05, 4.69) is 37.0 Å². The van der Waals surface area contributed by atoms with Crippen LogP contribution in [0, 0.1) is 13.8 Å². The van der Waals surface area contributed by atoms with Crippen LogP contribution in [0.3, 0.4) is 0 Å². The van der Waals surface area contributed by atoms with E-state index in [1.165, 1.54) is 16.0 Å². The second-order valence-corrected chi connectivity index (χ2v) is 7.19. The zero-order chi connectivity index (χ0) is 15.6. The van der Waals surface area contributed by atoms with E-state index >= 15 is 0 Å². The third-order valence-corrected chi connectivity index (χ3v) is 3.93. The first-order chi connectivity index (χ1) is 9.74. The molecule has 4 heteroatoms. The van der Waals surface area contributed by atoms with Crippen LogP contribution in [0.15, 0.2) is 40.3 Å². The van der Waals surface area contributed by atoms with Crippen molar-refractivity contribution in [3.05, 3.63) is 41.5 Å². The molecule has 2 aromatic rings. The number of nitrogen functional groups attached to an aromatic ring is 1. The number of nitrogens with zero attached hydrogens (tertiary/aromatic N) is 1. The highest BCUT2D eigenvalue weighted by Crippen LogP contribution is 2.33. The lowest BCUT2D eigenvalue weighted by atomic mass is 10.2. The maximum atomic E-state index is 5.94. The number of rotatable bonds is 3. The minimum atomic E-state index is -0.315. The van der Waals surface area contributed by atoms with Gasteiger partial charge in [-0.3, -0.25) is 0 Å². The summed E-state index contributed by atoms with van der Waals surface area (Å²) in [7, 11) is 0. The fraction of sp³-hybridized carbons (Fsp3) is 0.353. The van der Waals surface area contributed by atoms with Crippen molar-refractivity contribution in [3.63, 3.8) is 0 Å². The molecule has 0 radical (unpaired) electrons. The Morgan fingerprint density at radius 1 is 1.10 bits per heavy atom. The molecule has 0 fully saturated rings. The standard InChI is InChI=1S/C17H22N2OS/c1-11-6-8-14(12(2)10-11)21-15-9-7-13(18)16(19-15)20-17(3,4)5/h6-10H,18H2,1-5H3. The van der Waals surface area contributed by atoms with Crippen LogP contribution < -0.4 is 10.5 Å². The number of pyridine rings is 1. The highest BCUT2D eigenvalue weighted by atomic mass is 32.2. The number of hydrogen-bond donors (Lipinski definition) is 1. The monoisotopic (exact) mass is 302 g/mol. The fourth-order valence-electron chi connectivity index (χ4n) is 1.89. The molecule has 0 atom stereocenters. The Balaban J connectivity index is 2.26. The molecule has 1 aromatic carbocycles. The van der Waals surface area contributed by atoms with Crippen LogP contribution in [0.5, 0.6) is 5.88 Å². The van der Waals surface area contributed by atoms with Crippen molar-refractivity contribution >= 4 is 17.4 Å². The molecule has 21 heavy (non-hydrogen) atoms. The zero-order valence-corrected chi connectivity index (χ0v) is 14.0. The smallest absolute Gasteiger partial charge is 0.238 e. The van der Waals surface area contributed by atoms with Gasteiger partial charge in [-0.1, -0.05) is 29.5 Å². The maximum absolute atomic E-state index is 5.94. The van der Waals surface area contributed by atoms with Crippen molar-refractivity contribution in [1.82, 2.24) is 4.98 Å². The molecule has 1 heterocycles. The predicted octanol–water partition coefficient (Wildman–Crippen LogP) is 4.61. The normalized spacial score (nSPS) is 11.5. The molecule has 0 spiro atoms. The largest absolute Gasteiger partial charge is 0.470 e. The fourth-order valence-corrected chi connectivity index (χ4v) is 2.74. The predicted molar refractivity (Wildman–Crippen MR) is 89.1 cm³/mol. The maximum Gasteiger partial charge on any atom is 0.238 e. The number of aryl methyl sites for hydroxylation is 2. The van der Waals surface area contributed by atoms with Gasteiger partial charge >= 0.3 is 0 Å². The zero-order valence-electron chi connectivity index (χ0n) is 13.2. The van der Waals surface area contributed by atoms with Gasteiger partial charge in [-0.2, -0.15) is 0 Å². The van der Waals surface area contributed by atoms with Crippen molar-refractivity contribution in [2.24, 2.45) is 0 Å². The molecular formula is C17H22N2OS. The molecule has 0 unspecified atom stereocenters. The van der Waals surface area contributed by atoms with Crippen LogP contribution in [0.4, 0.5) is 5.69 Å². The Hall–Kier alpha value is -1.68. The molecule has 0 aliphatic carbocycles. The molecule has 0 amide bonds. The summed E-state index contributed by atoms with van der Waals surface area (Å²) in [6, 6.07) is 10.2. The van der Waals surface area contributed by atoms with Crippen molar-refractivity contribution in [2.75, 3.05) is 5.73 Å². The Labute approximate surface area is 130 Å². The molecule has 3 nitrogen and oxygen atoms in total. The van der Waals surface area contributed by atoms with Gasteiger partial charge in [0.25, 0.3) is 0 Å². The average molecular weight is 302 g/mol. The number of nitrogens with two attached hydrogens (primary N) is 1.